The minimum Gasteiger partial charge on any atom is -0.497 e. The summed E-state index contributed by atoms with van der Waals surface area (Å²) in [5.74, 6) is 1.53. The van der Waals surface area contributed by atoms with E-state index in [-0.39, 0.29) is 11.9 Å². The molecule has 0 fully saturated rings. The summed E-state index contributed by atoms with van der Waals surface area (Å²) < 4.78 is 10.4. The van der Waals surface area contributed by atoms with Crippen molar-refractivity contribution in [2.75, 3.05) is 14.2 Å². The lowest BCUT2D eigenvalue weighted by atomic mass is 9.98. The van der Waals surface area contributed by atoms with Gasteiger partial charge in [-0.05, 0) is 41.0 Å². The number of ether oxygens (including phenoxy) is 2. The first-order valence-electron chi connectivity index (χ1n) is 8.81. The molecule has 0 aromatic heterocycles. The van der Waals surface area contributed by atoms with Gasteiger partial charge in [-0.1, -0.05) is 54.6 Å². The minimum absolute atomic E-state index is 0.0372. The second-order valence-corrected chi connectivity index (χ2v) is 6.21. The predicted molar refractivity (Wildman–Crippen MR) is 106 cm³/mol. The summed E-state index contributed by atoms with van der Waals surface area (Å²) in [7, 11) is 3.27. The van der Waals surface area contributed by atoms with E-state index in [9.17, 15) is 4.79 Å². The number of carbonyl (C=O) groups is 1. The summed E-state index contributed by atoms with van der Waals surface area (Å²) >= 11 is 0. The van der Waals surface area contributed by atoms with Gasteiger partial charge in [-0.2, -0.15) is 0 Å². The molecular weight excluding hydrogens is 338 g/mol. The largest absolute Gasteiger partial charge is 0.497 e. The molecule has 0 saturated carbocycles. The third-order valence-electron chi connectivity index (χ3n) is 4.41. The van der Waals surface area contributed by atoms with Crippen LogP contribution in [0.25, 0.3) is 0 Å². The molecule has 0 unspecified atom stereocenters. The Morgan fingerprint density at radius 1 is 0.778 bits per heavy atom. The van der Waals surface area contributed by atoms with Crippen molar-refractivity contribution in [1.29, 1.82) is 0 Å². The topological polar surface area (TPSA) is 47.6 Å². The van der Waals surface area contributed by atoms with E-state index in [0.29, 0.717) is 6.42 Å². The molecule has 1 amide bonds. The molecule has 0 bridgehead atoms. The number of hydrogen-bond donors (Lipinski definition) is 1. The second kappa shape index (κ2) is 8.90. The minimum atomic E-state index is -0.220. The van der Waals surface area contributed by atoms with Crippen molar-refractivity contribution in [3.63, 3.8) is 0 Å². The number of methoxy groups -OCH3 is 2. The number of rotatable bonds is 7. The first kappa shape index (κ1) is 18.5. The fraction of sp³-hybridized carbons (Fsp3) is 0.174. The maximum absolute atomic E-state index is 12.7. The molecule has 0 radical (unpaired) electrons. The molecular formula is C23H23NO3. The summed E-state index contributed by atoms with van der Waals surface area (Å²) in [6.45, 7) is 0. The molecule has 0 aliphatic carbocycles. The lowest BCUT2D eigenvalue weighted by molar-refractivity contribution is -0.120. The molecule has 138 valence electrons. The van der Waals surface area contributed by atoms with E-state index < -0.39 is 0 Å². The summed E-state index contributed by atoms with van der Waals surface area (Å²) in [6.07, 6.45) is 0.309. The van der Waals surface area contributed by atoms with Gasteiger partial charge in [0, 0.05) is 0 Å². The van der Waals surface area contributed by atoms with E-state index in [1.54, 1.807) is 14.2 Å². The van der Waals surface area contributed by atoms with Crippen molar-refractivity contribution in [1.82, 2.24) is 5.32 Å². The second-order valence-electron chi connectivity index (χ2n) is 6.21. The molecule has 4 nitrogen and oxygen atoms in total. The Labute approximate surface area is 159 Å². The monoisotopic (exact) mass is 361 g/mol. The van der Waals surface area contributed by atoms with Gasteiger partial charge in [-0.3, -0.25) is 4.79 Å². The highest BCUT2D eigenvalue weighted by molar-refractivity contribution is 5.79. The van der Waals surface area contributed by atoms with Crippen LogP contribution >= 0.6 is 0 Å². The van der Waals surface area contributed by atoms with Crippen LogP contribution in [0.3, 0.4) is 0 Å². The fourth-order valence-electron chi connectivity index (χ4n) is 2.94. The summed E-state index contributed by atoms with van der Waals surface area (Å²) in [4.78, 5) is 12.7. The Morgan fingerprint density at radius 3 is 1.85 bits per heavy atom. The molecule has 3 aromatic carbocycles. The molecule has 27 heavy (non-hydrogen) atoms. The molecule has 3 aromatic rings. The van der Waals surface area contributed by atoms with Crippen LogP contribution in [0, 0.1) is 0 Å². The Hall–Kier alpha value is -3.27. The smallest absolute Gasteiger partial charge is 0.225 e. The zero-order chi connectivity index (χ0) is 19.1. The van der Waals surface area contributed by atoms with Gasteiger partial charge in [0.25, 0.3) is 0 Å². The van der Waals surface area contributed by atoms with Crippen molar-refractivity contribution in [2.45, 2.75) is 12.5 Å². The Bertz CT molecular complexity index is 858. The number of benzene rings is 3. The first-order valence-corrected chi connectivity index (χ1v) is 8.81. The molecule has 0 aliphatic rings. The third-order valence-corrected chi connectivity index (χ3v) is 4.41. The average molecular weight is 361 g/mol. The molecule has 1 atom stereocenters. The lowest BCUT2D eigenvalue weighted by Crippen LogP contribution is -2.30. The van der Waals surface area contributed by atoms with Gasteiger partial charge >= 0.3 is 0 Å². The van der Waals surface area contributed by atoms with E-state index in [0.717, 1.165) is 28.2 Å². The molecule has 0 aliphatic heterocycles. The van der Waals surface area contributed by atoms with Crippen molar-refractivity contribution in [3.05, 3.63) is 95.6 Å². The summed E-state index contributed by atoms with van der Waals surface area (Å²) in [6, 6.07) is 25.0. The van der Waals surface area contributed by atoms with E-state index in [2.05, 4.69) is 5.32 Å². The lowest BCUT2D eigenvalue weighted by Gasteiger charge is -2.20. The van der Waals surface area contributed by atoms with Gasteiger partial charge in [0.15, 0.2) is 0 Å². The van der Waals surface area contributed by atoms with E-state index >= 15 is 0 Å². The van der Waals surface area contributed by atoms with Gasteiger partial charge in [0.1, 0.15) is 11.5 Å². The molecule has 1 N–H and O–H groups in total. The maximum Gasteiger partial charge on any atom is 0.225 e. The molecule has 0 saturated heterocycles. The number of hydrogen-bond acceptors (Lipinski definition) is 3. The Kier molecular flexibility index (Phi) is 6.10. The highest BCUT2D eigenvalue weighted by atomic mass is 16.5. The van der Waals surface area contributed by atoms with Crippen molar-refractivity contribution in [2.24, 2.45) is 0 Å². The Balaban J connectivity index is 1.78. The van der Waals surface area contributed by atoms with Crippen molar-refractivity contribution >= 4 is 5.91 Å². The standard InChI is InChI=1S/C23H23NO3/c1-26-20-12-8-17(9-13-20)16-22(25)24-23(18-6-4-3-5-7-18)19-10-14-21(27-2)15-11-19/h3-15,23H,16H2,1-2H3,(H,24,25)/t23-/m1/s1. The maximum atomic E-state index is 12.7. The van der Waals surface area contributed by atoms with E-state index in [4.69, 9.17) is 9.47 Å². The van der Waals surface area contributed by atoms with Crippen LogP contribution in [0.1, 0.15) is 22.7 Å². The molecule has 3 rings (SSSR count). The van der Waals surface area contributed by atoms with Gasteiger partial charge in [-0.25, -0.2) is 0 Å². The number of carbonyl (C=O) groups excluding carboxylic acids is 1. The first-order chi connectivity index (χ1) is 13.2. The van der Waals surface area contributed by atoms with E-state index in [1.165, 1.54) is 0 Å². The van der Waals surface area contributed by atoms with Gasteiger partial charge in [0.2, 0.25) is 5.91 Å². The van der Waals surface area contributed by atoms with Crippen LogP contribution in [0.4, 0.5) is 0 Å². The van der Waals surface area contributed by atoms with Crippen LogP contribution in [0.2, 0.25) is 0 Å². The van der Waals surface area contributed by atoms with Crippen LogP contribution in [0.15, 0.2) is 78.9 Å². The number of amides is 1. The van der Waals surface area contributed by atoms with Gasteiger partial charge in [0.05, 0.1) is 26.7 Å². The van der Waals surface area contributed by atoms with Gasteiger partial charge in [-0.15, -0.1) is 0 Å². The van der Waals surface area contributed by atoms with Crippen LogP contribution in [-0.2, 0) is 11.2 Å². The zero-order valence-electron chi connectivity index (χ0n) is 15.5. The summed E-state index contributed by atoms with van der Waals surface area (Å²) in [5.41, 5.74) is 2.98. The third kappa shape index (κ3) is 4.88. The molecule has 4 heteroatoms. The average Bonchev–Trinajstić information content (AvgIpc) is 2.73. The van der Waals surface area contributed by atoms with Crippen LogP contribution in [-0.4, -0.2) is 20.1 Å². The SMILES string of the molecule is COc1ccc(CC(=O)N[C@H](c2ccccc2)c2ccc(OC)cc2)cc1. The predicted octanol–water partition coefficient (Wildman–Crippen LogP) is 4.15. The Morgan fingerprint density at radius 2 is 1.30 bits per heavy atom. The molecule has 0 spiro atoms. The van der Waals surface area contributed by atoms with Crippen LogP contribution in [0.5, 0.6) is 11.5 Å². The molecule has 0 heterocycles. The van der Waals surface area contributed by atoms with Crippen molar-refractivity contribution < 1.29 is 14.3 Å². The highest BCUT2D eigenvalue weighted by Gasteiger charge is 2.17. The fourth-order valence-corrected chi connectivity index (χ4v) is 2.94. The highest BCUT2D eigenvalue weighted by Crippen LogP contribution is 2.24. The van der Waals surface area contributed by atoms with Crippen LogP contribution < -0.4 is 14.8 Å². The van der Waals surface area contributed by atoms with Gasteiger partial charge < -0.3 is 14.8 Å². The quantitative estimate of drug-likeness (QED) is 0.688. The zero-order valence-corrected chi connectivity index (χ0v) is 15.5. The van der Waals surface area contributed by atoms with E-state index in [1.807, 2.05) is 78.9 Å². The number of nitrogens with one attached hydrogen (secondary N) is 1. The normalized spacial score (nSPS) is 11.5. The summed E-state index contributed by atoms with van der Waals surface area (Å²) in [5, 5.41) is 3.15. The van der Waals surface area contributed by atoms with Crippen molar-refractivity contribution in [3.8, 4) is 11.5 Å².